The zero-order valence-electron chi connectivity index (χ0n) is 21.2. The van der Waals surface area contributed by atoms with E-state index in [1.165, 1.54) is 39.0 Å². The summed E-state index contributed by atoms with van der Waals surface area (Å²) >= 11 is 0. The lowest BCUT2D eigenvalue weighted by Crippen LogP contribution is -2.72. The number of phenolic OH excluding ortho intramolecular Hbond substituents is 1. The first-order valence-electron chi connectivity index (χ1n) is 11.9. The zero-order chi connectivity index (χ0) is 28.2. The zero-order valence-corrected chi connectivity index (χ0v) is 21.2. The number of cyclic esters (lactones) is 1. The van der Waals surface area contributed by atoms with E-state index in [9.17, 15) is 34.1 Å². The minimum Gasteiger partial charge on any atom is -0.507 e. The lowest BCUT2D eigenvalue weighted by atomic mass is 9.74. The van der Waals surface area contributed by atoms with Crippen LogP contribution in [0.5, 0.6) is 5.75 Å². The lowest BCUT2D eigenvalue weighted by molar-refractivity contribution is -0.177. The fraction of sp³-hybridized carbons (Fsp3) is 0.423. The van der Waals surface area contributed by atoms with Gasteiger partial charge < -0.3 is 41.2 Å². The van der Waals surface area contributed by atoms with E-state index in [-0.39, 0.29) is 22.6 Å². The third kappa shape index (κ3) is 3.96. The van der Waals surface area contributed by atoms with Crippen molar-refractivity contribution >= 4 is 23.5 Å². The van der Waals surface area contributed by atoms with Crippen molar-refractivity contribution in [3.63, 3.8) is 0 Å². The number of nitrogens with two attached hydrogens (primary N) is 1. The third-order valence-electron chi connectivity index (χ3n) is 7.79. The largest absolute Gasteiger partial charge is 0.507 e. The van der Waals surface area contributed by atoms with Crippen LogP contribution in [0.4, 0.5) is 14.9 Å². The number of ketones is 1. The fourth-order valence-corrected chi connectivity index (χ4v) is 5.63. The molecule has 1 amide bonds. The standard InChI is InChI=1S/C26H30FN3O8/c1-12-6-5-7-18(32)19(12)22(33)37-11-25(36)21(29-17-9-15(13(2)31)8-16(27)10-17)20(28)26(24(25,4)35)14(3)38-23(34)30-26/h5-10,14,20-21,29,32,35-36H,11,28H2,1-4H3,(H,30,34). The Labute approximate surface area is 217 Å². The number of Topliss-reactive ketones (excluding diaryl/α,β-unsaturated/α-hetero) is 1. The van der Waals surface area contributed by atoms with Crippen LogP contribution in [0.25, 0.3) is 0 Å². The highest BCUT2D eigenvalue weighted by atomic mass is 19.1. The summed E-state index contributed by atoms with van der Waals surface area (Å²) in [6.45, 7) is 4.67. The van der Waals surface area contributed by atoms with E-state index in [1.807, 2.05) is 0 Å². The minimum atomic E-state index is -2.40. The number of amides is 1. The van der Waals surface area contributed by atoms with Gasteiger partial charge in [0.2, 0.25) is 0 Å². The van der Waals surface area contributed by atoms with Crippen molar-refractivity contribution in [1.82, 2.24) is 5.32 Å². The van der Waals surface area contributed by atoms with E-state index in [0.29, 0.717) is 5.56 Å². The number of carbonyl (C=O) groups excluding carboxylic acids is 3. The first kappa shape index (κ1) is 27.3. The van der Waals surface area contributed by atoms with Crippen LogP contribution in [0.2, 0.25) is 0 Å². The number of alkyl carbamates (subject to hydrolysis) is 1. The highest BCUT2D eigenvalue weighted by Crippen LogP contribution is 2.51. The Morgan fingerprint density at radius 1 is 1.26 bits per heavy atom. The molecule has 1 heterocycles. The summed E-state index contributed by atoms with van der Waals surface area (Å²) in [5.41, 5.74) is 0.442. The highest BCUT2D eigenvalue weighted by Gasteiger charge is 2.78. The second-order valence-corrected chi connectivity index (χ2v) is 10.0. The predicted octanol–water partition coefficient (Wildman–Crippen LogP) is 1.37. The summed E-state index contributed by atoms with van der Waals surface area (Å²) in [6.07, 6.45) is -1.93. The Balaban J connectivity index is 1.77. The van der Waals surface area contributed by atoms with E-state index in [1.54, 1.807) is 13.0 Å². The van der Waals surface area contributed by atoms with Crippen LogP contribution >= 0.6 is 0 Å². The number of rotatable bonds is 6. The molecule has 0 bridgehead atoms. The Morgan fingerprint density at radius 2 is 1.95 bits per heavy atom. The number of hydrogen-bond acceptors (Lipinski definition) is 10. The Hall–Kier alpha value is -3.74. The normalized spacial score (nSPS) is 32.1. The third-order valence-corrected chi connectivity index (χ3v) is 7.79. The van der Waals surface area contributed by atoms with Crippen molar-refractivity contribution in [3.05, 3.63) is 58.9 Å². The summed E-state index contributed by atoms with van der Waals surface area (Å²) in [5.74, 6) is -2.49. The molecule has 4 rings (SSSR count). The average Bonchev–Trinajstić information content (AvgIpc) is 3.19. The Kier molecular flexibility index (Phi) is 6.63. The van der Waals surface area contributed by atoms with Crippen LogP contribution in [0.3, 0.4) is 0 Å². The number of aromatic hydroxyl groups is 1. The maximum absolute atomic E-state index is 14.3. The maximum Gasteiger partial charge on any atom is 0.408 e. The summed E-state index contributed by atoms with van der Waals surface area (Å²) < 4.78 is 24.9. The van der Waals surface area contributed by atoms with Gasteiger partial charge in [0.15, 0.2) is 11.4 Å². The monoisotopic (exact) mass is 531 g/mol. The SMILES string of the molecule is CC(=O)c1cc(F)cc(NC2C(N)C3(NC(=O)OC3C)C(C)(O)C2(O)COC(=O)c2c(C)cccc2O)c1. The molecule has 0 radical (unpaired) electrons. The van der Waals surface area contributed by atoms with Crippen LogP contribution in [-0.4, -0.2) is 74.7 Å². The molecule has 38 heavy (non-hydrogen) atoms. The molecule has 204 valence electrons. The van der Waals surface area contributed by atoms with Gasteiger partial charge in [0, 0.05) is 11.3 Å². The number of phenols is 1. The van der Waals surface area contributed by atoms with E-state index in [0.717, 1.165) is 12.1 Å². The van der Waals surface area contributed by atoms with Crippen molar-refractivity contribution in [2.45, 2.75) is 62.6 Å². The number of carbonyl (C=O) groups is 3. The van der Waals surface area contributed by atoms with Gasteiger partial charge in [0.05, 0.1) is 12.1 Å². The summed E-state index contributed by atoms with van der Waals surface area (Å²) in [4.78, 5) is 37.0. The van der Waals surface area contributed by atoms with Gasteiger partial charge >= 0.3 is 12.1 Å². The molecular formula is C26H30FN3O8. The maximum atomic E-state index is 14.3. The lowest BCUT2D eigenvalue weighted by Gasteiger charge is -2.44. The van der Waals surface area contributed by atoms with Crippen molar-refractivity contribution < 1.29 is 43.6 Å². The number of hydrogen-bond donors (Lipinski definition) is 6. The molecule has 11 nitrogen and oxygen atoms in total. The molecule has 2 aromatic rings. The minimum absolute atomic E-state index is 0.0383. The van der Waals surface area contributed by atoms with Crippen molar-refractivity contribution in [2.24, 2.45) is 5.73 Å². The number of ether oxygens (including phenoxy) is 2. The first-order valence-corrected chi connectivity index (χ1v) is 11.9. The van der Waals surface area contributed by atoms with Crippen molar-refractivity contribution in [1.29, 1.82) is 0 Å². The molecule has 2 aromatic carbocycles. The van der Waals surface area contributed by atoms with Gasteiger partial charge in [-0.3, -0.25) is 4.79 Å². The van der Waals surface area contributed by atoms with Crippen LogP contribution in [-0.2, 0) is 9.47 Å². The topological polar surface area (TPSA) is 180 Å². The fourth-order valence-electron chi connectivity index (χ4n) is 5.63. The molecule has 2 aliphatic rings. The molecule has 6 atom stereocenters. The molecule has 1 aliphatic carbocycles. The molecule has 1 spiro atoms. The van der Waals surface area contributed by atoms with Gasteiger partial charge in [-0.1, -0.05) is 12.1 Å². The van der Waals surface area contributed by atoms with Gasteiger partial charge in [-0.05, 0) is 57.5 Å². The Bertz CT molecular complexity index is 1300. The molecular weight excluding hydrogens is 501 g/mol. The number of nitrogens with one attached hydrogen (secondary N) is 2. The summed E-state index contributed by atoms with van der Waals surface area (Å²) in [7, 11) is 0. The van der Waals surface area contributed by atoms with Crippen LogP contribution in [0.15, 0.2) is 36.4 Å². The van der Waals surface area contributed by atoms with E-state index in [4.69, 9.17) is 15.2 Å². The first-order chi connectivity index (χ1) is 17.7. The molecule has 7 N–H and O–H groups in total. The van der Waals surface area contributed by atoms with Gasteiger partial charge in [0.1, 0.15) is 41.0 Å². The molecule has 6 unspecified atom stereocenters. The van der Waals surface area contributed by atoms with Crippen LogP contribution < -0.4 is 16.4 Å². The number of aliphatic hydroxyl groups is 2. The molecule has 1 saturated carbocycles. The van der Waals surface area contributed by atoms with Crippen molar-refractivity contribution in [3.8, 4) is 5.75 Å². The second kappa shape index (κ2) is 9.22. The molecule has 1 saturated heterocycles. The number of aryl methyl sites for hydroxylation is 1. The number of anilines is 1. The molecule has 0 aromatic heterocycles. The predicted molar refractivity (Wildman–Crippen MR) is 132 cm³/mol. The molecule has 1 aliphatic heterocycles. The van der Waals surface area contributed by atoms with Gasteiger partial charge in [0.25, 0.3) is 0 Å². The number of esters is 1. The van der Waals surface area contributed by atoms with E-state index < -0.39 is 65.2 Å². The average molecular weight is 532 g/mol. The van der Waals surface area contributed by atoms with Gasteiger partial charge in [-0.25, -0.2) is 14.0 Å². The number of halogens is 1. The van der Waals surface area contributed by atoms with Gasteiger partial charge in [-0.15, -0.1) is 0 Å². The van der Waals surface area contributed by atoms with Crippen molar-refractivity contribution in [2.75, 3.05) is 11.9 Å². The molecule has 2 fully saturated rings. The van der Waals surface area contributed by atoms with Crippen LogP contribution in [0.1, 0.15) is 47.1 Å². The summed E-state index contributed by atoms with van der Waals surface area (Å²) in [6, 6.07) is 5.19. The van der Waals surface area contributed by atoms with E-state index >= 15 is 0 Å². The van der Waals surface area contributed by atoms with Crippen LogP contribution in [0, 0.1) is 12.7 Å². The van der Waals surface area contributed by atoms with E-state index in [2.05, 4.69) is 10.6 Å². The second-order valence-electron chi connectivity index (χ2n) is 10.0. The summed E-state index contributed by atoms with van der Waals surface area (Å²) in [5, 5.41) is 39.4. The van der Waals surface area contributed by atoms with Gasteiger partial charge in [-0.2, -0.15) is 0 Å². The quantitative estimate of drug-likeness (QED) is 0.235. The smallest absolute Gasteiger partial charge is 0.408 e. The Morgan fingerprint density at radius 3 is 2.53 bits per heavy atom. The number of benzene rings is 2. The molecule has 12 heteroatoms. The highest BCUT2D eigenvalue weighted by molar-refractivity contribution is 5.95.